The number of amides is 4. The molecule has 2 saturated carbocycles. The zero-order chi connectivity index (χ0) is 28.2. The van der Waals surface area contributed by atoms with Crippen molar-refractivity contribution in [3.05, 3.63) is 0 Å². The first-order valence-corrected chi connectivity index (χ1v) is 12.6. The third-order valence-corrected chi connectivity index (χ3v) is 8.52. The molecule has 4 rings (SSSR count). The van der Waals surface area contributed by atoms with E-state index in [1.165, 1.54) is 0 Å². The molecule has 210 valence electrons. The van der Waals surface area contributed by atoms with Gasteiger partial charge >= 0.3 is 12.1 Å². The number of alkyl halides is 5. The van der Waals surface area contributed by atoms with Crippen molar-refractivity contribution in [3.63, 3.8) is 0 Å². The van der Waals surface area contributed by atoms with Crippen molar-refractivity contribution >= 4 is 23.6 Å². The van der Waals surface area contributed by atoms with E-state index < -0.39 is 79.0 Å². The predicted octanol–water partition coefficient (Wildman–Crippen LogP) is 1.49. The molecule has 2 aliphatic carbocycles. The highest BCUT2D eigenvalue weighted by Crippen LogP contribution is 2.65. The molecule has 9 nitrogen and oxygen atoms in total. The van der Waals surface area contributed by atoms with Crippen LogP contribution in [0.3, 0.4) is 0 Å². The predicted molar refractivity (Wildman–Crippen MR) is 120 cm³/mol. The Kier molecular flexibility index (Phi) is 7.12. The van der Waals surface area contributed by atoms with E-state index in [9.17, 15) is 46.4 Å². The number of carbonyl (C=O) groups excluding carboxylic acids is 4. The first-order valence-electron chi connectivity index (χ1n) is 12.6. The van der Waals surface area contributed by atoms with E-state index in [2.05, 4.69) is 10.6 Å². The van der Waals surface area contributed by atoms with Gasteiger partial charge in [0.05, 0.1) is 6.07 Å². The van der Waals surface area contributed by atoms with Crippen LogP contribution in [-0.2, 0) is 19.2 Å². The van der Waals surface area contributed by atoms with Crippen LogP contribution in [0.2, 0.25) is 0 Å². The van der Waals surface area contributed by atoms with Gasteiger partial charge in [-0.1, -0.05) is 13.8 Å². The van der Waals surface area contributed by atoms with Gasteiger partial charge in [-0.15, -0.1) is 0 Å². The molecule has 2 aliphatic heterocycles. The average molecular weight is 548 g/mol. The zero-order valence-electron chi connectivity index (χ0n) is 20.9. The van der Waals surface area contributed by atoms with Crippen LogP contribution < -0.4 is 16.0 Å². The average Bonchev–Trinajstić information content (AvgIpc) is 3.15. The van der Waals surface area contributed by atoms with E-state index in [-0.39, 0.29) is 36.1 Å². The molecule has 4 amide bonds. The fraction of sp³-hybridized carbons (Fsp3) is 0.792. The minimum Gasteiger partial charge on any atom is -0.356 e. The lowest BCUT2D eigenvalue weighted by atomic mass is 9.77. The number of fused-ring (bicyclic) bond motifs is 1. The summed E-state index contributed by atoms with van der Waals surface area (Å²) in [6, 6.07) is -1.95. The Morgan fingerprint density at radius 1 is 1.18 bits per heavy atom. The molecule has 6 atom stereocenters. The van der Waals surface area contributed by atoms with Gasteiger partial charge in [0, 0.05) is 31.8 Å². The van der Waals surface area contributed by atoms with Gasteiger partial charge in [-0.2, -0.15) is 18.4 Å². The maximum absolute atomic E-state index is 13.5. The van der Waals surface area contributed by atoms with Crippen molar-refractivity contribution in [2.75, 3.05) is 13.1 Å². The van der Waals surface area contributed by atoms with Crippen molar-refractivity contribution in [2.24, 2.45) is 29.1 Å². The SMILES string of the molecule is CC1(C)C2CN(C(=O)[C@H](CC3CC(F)(F)C3)NC(=O)C(F)(F)F)C(C(=O)N[C@H](C#N)C[C@@H]3CCNC3=O)C21. The number of nitrogens with zero attached hydrogens (tertiary/aromatic N) is 2. The van der Waals surface area contributed by atoms with Gasteiger partial charge in [-0.25, -0.2) is 8.78 Å². The summed E-state index contributed by atoms with van der Waals surface area (Å²) in [5, 5.41) is 16.4. The van der Waals surface area contributed by atoms with Crippen LogP contribution in [0.25, 0.3) is 0 Å². The summed E-state index contributed by atoms with van der Waals surface area (Å²) < 4.78 is 65.7. The molecule has 0 radical (unpaired) electrons. The van der Waals surface area contributed by atoms with Crippen molar-refractivity contribution in [1.29, 1.82) is 5.26 Å². The normalized spacial score (nSPS) is 30.8. The molecular weight excluding hydrogens is 517 g/mol. The highest BCUT2D eigenvalue weighted by molar-refractivity contribution is 5.94. The molecule has 0 spiro atoms. The second kappa shape index (κ2) is 9.64. The molecule has 4 fully saturated rings. The van der Waals surface area contributed by atoms with Gasteiger partial charge in [0.1, 0.15) is 18.1 Å². The third kappa shape index (κ3) is 5.42. The van der Waals surface area contributed by atoms with Crippen LogP contribution in [0, 0.1) is 40.4 Å². The fourth-order valence-corrected chi connectivity index (χ4v) is 6.32. The molecular formula is C24H30F5N5O4. The number of carbonyl (C=O) groups is 4. The molecule has 0 aromatic rings. The largest absolute Gasteiger partial charge is 0.471 e. The Labute approximate surface area is 215 Å². The summed E-state index contributed by atoms with van der Waals surface area (Å²) in [7, 11) is 0. The first kappa shape index (κ1) is 28.0. The van der Waals surface area contributed by atoms with E-state index >= 15 is 0 Å². The van der Waals surface area contributed by atoms with Crippen molar-refractivity contribution < 1.29 is 41.1 Å². The Morgan fingerprint density at radius 3 is 2.37 bits per heavy atom. The van der Waals surface area contributed by atoms with Crippen LogP contribution >= 0.6 is 0 Å². The Bertz CT molecular complexity index is 1050. The lowest BCUT2D eigenvalue weighted by molar-refractivity contribution is -0.176. The molecule has 0 aromatic carbocycles. The number of piperidine rings is 1. The minimum absolute atomic E-state index is 0.0378. The van der Waals surface area contributed by atoms with E-state index in [1.807, 2.05) is 19.9 Å². The molecule has 2 heterocycles. The Balaban J connectivity index is 1.51. The molecule has 14 heteroatoms. The smallest absolute Gasteiger partial charge is 0.356 e. The molecule has 4 aliphatic rings. The summed E-state index contributed by atoms with van der Waals surface area (Å²) in [6.45, 7) is 4.26. The van der Waals surface area contributed by atoms with Crippen molar-refractivity contribution in [3.8, 4) is 6.07 Å². The maximum atomic E-state index is 13.5. The molecule has 3 N–H and O–H groups in total. The van der Waals surface area contributed by atoms with Gasteiger partial charge in [-0.3, -0.25) is 19.2 Å². The van der Waals surface area contributed by atoms with Crippen molar-refractivity contribution in [2.45, 2.75) is 76.2 Å². The fourth-order valence-electron chi connectivity index (χ4n) is 6.32. The highest BCUT2D eigenvalue weighted by atomic mass is 19.4. The van der Waals surface area contributed by atoms with E-state index in [0.29, 0.717) is 13.0 Å². The van der Waals surface area contributed by atoms with Gasteiger partial charge in [0.2, 0.25) is 23.6 Å². The second-order valence-electron chi connectivity index (χ2n) is 11.5. The third-order valence-electron chi connectivity index (χ3n) is 8.52. The highest BCUT2D eigenvalue weighted by Gasteiger charge is 2.69. The number of hydrogen-bond donors (Lipinski definition) is 3. The summed E-state index contributed by atoms with van der Waals surface area (Å²) in [5.74, 6) is -8.93. The van der Waals surface area contributed by atoms with Crippen LogP contribution in [0.4, 0.5) is 22.0 Å². The number of halogens is 5. The Hall–Kier alpha value is -2.98. The minimum atomic E-state index is -5.29. The van der Waals surface area contributed by atoms with E-state index in [4.69, 9.17) is 0 Å². The summed E-state index contributed by atoms with van der Waals surface area (Å²) in [4.78, 5) is 51.5. The second-order valence-corrected chi connectivity index (χ2v) is 11.5. The van der Waals surface area contributed by atoms with E-state index in [0.717, 1.165) is 4.90 Å². The summed E-state index contributed by atoms with van der Waals surface area (Å²) in [6.07, 6.45) is -6.37. The molecule has 38 heavy (non-hydrogen) atoms. The van der Waals surface area contributed by atoms with Gasteiger partial charge in [0.15, 0.2) is 0 Å². The number of nitriles is 1. The molecule has 2 saturated heterocycles. The molecule has 0 bridgehead atoms. The quantitative estimate of drug-likeness (QED) is 0.397. The van der Waals surface area contributed by atoms with Crippen molar-refractivity contribution in [1.82, 2.24) is 20.9 Å². The van der Waals surface area contributed by atoms with Crippen LogP contribution in [-0.4, -0.2) is 71.8 Å². The number of likely N-dealkylation sites (tertiary alicyclic amines) is 1. The van der Waals surface area contributed by atoms with Gasteiger partial charge in [-0.05, 0) is 42.4 Å². The number of nitrogens with one attached hydrogen (secondary N) is 3. The summed E-state index contributed by atoms with van der Waals surface area (Å²) in [5.41, 5.74) is -0.354. The topological polar surface area (TPSA) is 131 Å². The monoisotopic (exact) mass is 547 g/mol. The first-order chi connectivity index (χ1) is 17.5. The number of rotatable bonds is 8. The molecule has 3 unspecified atom stereocenters. The van der Waals surface area contributed by atoms with Crippen LogP contribution in [0.1, 0.15) is 46.0 Å². The Morgan fingerprint density at radius 2 is 1.84 bits per heavy atom. The number of hydrogen-bond acceptors (Lipinski definition) is 5. The lowest BCUT2D eigenvalue weighted by Gasteiger charge is -2.38. The molecule has 0 aromatic heterocycles. The van der Waals surface area contributed by atoms with Gasteiger partial charge in [0.25, 0.3) is 0 Å². The standard InChI is InChI=1S/C24H30F5N5O4/c1-22(2)14-10-34(17(16(14)22)19(36)32-13(9-30)6-12-3-4-31-18(12)35)20(37)15(33-21(38)24(27,28)29)5-11-7-23(25,26)8-11/h11-17H,3-8,10H2,1-2H3,(H,31,35)(H,32,36)(H,33,38)/t12-,13-,14?,15-,16?,17?/m0/s1. The van der Waals surface area contributed by atoms with Crippen LogP contribution in [0.5, 0.6) is 0 Å². The summed E-state index contributed by atoms with van der Waals surface area (Å²) >= 11 is 0. The zero-order valence-corrected chi connectivity index (χ0v) is 20.9. The maximum Gasteiger partial charge on any atom is 0.471 e. The van der Waals surface area contributed by atoms with E-state index in [1.54, 1.807) is 5.32 Å². The van der Waals surface area contributed by atoms with Crippen LogP contribution in [0.15, 0.2) is 0 Å². The van der Waals surface area contributed by atoms with Gasteiger partial charge < -0.3 is 20.9 Å². The lowest BCUT2D eigenvalue weighted by Crippen LogP contribution is -2.58.